The van der Waals surface area contributed by atoms with Crippen LogP contribution in [-0.4, -0.2) is 29.1 Å². The number of para-hydroxylation sites is 3. The van der Waals surface area contributed by atoms with E-state index in [-0.39, 0.29) is 0 Å². The molecule has 0 saturated heterocycles. The molecule has 0 N–H and O–H groups in total. The van der Waals surface area contributed by atoms with Gasteiger partial charge in [0.1, 0.15) is 0 Å². The fourth-order valence-corrected chi connectivity index (χ4v) is 8.96. The molecule has 0 fully saturated rings. The number of hydrogen-bond acceptors (Lipinski definition) is 4. The maximum absolute atomic E-state index is 5.41. The highest BCUT2D eigenvalue weighted by Crippen LogP contribution is 2.46. The largest absolute Gasteiger partial charge is 0.307 e. The molecule has 6 heteroatoms. The van der Waals surface area contributed by atoms with E-state index < -0.39 is 0 Å². The average Bonchev–Trinajstić information content (AvgIpc) is 3.88. The Kier molecular flexibility index (Phi) is 8.38. The molecule has 0 radical (unpaired) electrons. The first-order valence-corrected chi connectivity index (χ1v) is 20.8. The Morgan fingerprint density at radius 3 is 1.44 bits per heavy atom. The maximum Gasteiger partial charge on any atom is 0.238 e. The summed E-state index contributed by atoms with van der Waals surface area (Å²) in [7, 11) is 0. The van der Waals surface area contributed by atoms with Gasteiger partial charge in [-0.15, -0.1) is 0 Å². The molecule has 12 rings (SSSR count). The molecule has 290 valence electrons. The lowest BCUT2D eigenvalue weighted by Crippen LogP contribution is -2.07. The molecule has 12 aromatic rings. The van der Waals surface area contributed by atoms with E-state index in [9.17, 15) is 0 Å². The van der Waals surface area contributed by atoms with Crippen molar-refractivity contribution < 1.29 is 0 Å². The Hall–Kier alpha value is -8.48. The van der Waals surface area contributed by atoms with Gasteiger partial charge in [0, 0.05) is 49.5 Å². The highest BCUT2D eigenvalue weighted by molar-refractivity contribution is 6.28. The van der Waals surface area contributed by atoms with Crippen LogP contribution in [0.5, 0.6) is 0 Å². The zero-order valence-corrected chi connectivity index (χ0v) is 33.5. The van der Waals surface area contributed by atoms with Gasteiger partial charge in [-0.25, -0.2) is 9.97 Å². The summed E-state index contributed by atoms with van der Waals surface area (Å²) in [6.45, 7) is 0. The van der Waals surface area contributed by atoms with Gasteiger partial charge < -0.3 is 4.57 Å². The van der Waals surface area contributed by atoms with Gasteiger partial charge in [0.25, 0.3) is 0 Å². The lowest BCUT2D eigenvalue weighted by atomic mass is 9.96. The van der Waals surface area contributed by atoms with Crippen molar-refractivity contribution in [3.63, 3.8) is 0 Å². The quantitative estimate of drug-likeness (QED) is 0.161. The highest BCUT2D eigenvalue weighted by atomic mass is 15.2. The molecule has 0 bridgehead atoms. The number of aromatic nitrogens is 6. The smallest absolute Gasteiger partial charge is 0.238 e. The Morgan fingerprint density at radius 1 is 0.306 bits per heavy atom. The summed E-state index contributed by atoms with van der Waals surface area (Å²) in [5.41, 5.74) is 13.3. The van der Waals surface area contributed by atoms with Crippen molar-refractivity contribution in [2.45, 2.75) is 0 Å². The first-order valence-electron chi connectivity index (χ1n) is 20.8. The van der Waals surface area contributed by atoms with Crippen LogP contribution in [0.15, 0.2) is 218 Å². The van der Waals surface area contributed by atoms with Crippen LogP contribution in [0.4, 0.5) is 0 Å². The van der Waals surface area contributed by atoms with Crippen LogP contribution < -0.4 is 0 Å². The first-order chi connectivity index (χ1) is 30.8. The van der Waals surface area contributed by atoms with E-state index >= 15 is 0 Å². The minimum absolute atomic E-state index is 0.540. The lowest BCUT2D eigenvalue weighted by Gasteiger charge is -2.14. The molecule has 0 saturated carbocycles. The van der Waals surface area contributed by atoms with Crippen molar-refractivity contribution in [3.8, 4) is 68.1 Å². The van der Waals surface area contributed by atoms with E-state index in [0.717, 1.165) is 88.7 Å². The monoisotopic (exact) mass is 792 g/mol. The van der Waals surface area contributed by atoms with Crippen molar-refractivity contribution in [2.24, 2.45) is 0 Å². The number of rotatable bonds is 7. The van der Waals surface area contributed by atoms with E-state index in [4.69, 9.17) is 19.9 Å². The zero-order valence-electron chi connectivity index (χ0n) is 33.5. The molecule has 8 aromatic carbocycles. The van der Waals surface area contributed by atoms with Crippen LogP contribution in [0.3, 0.4) is 0 Å². The molecule has 4 heterocycles. The van der Waals surface area contributed by atoms with Gasteiger partial charge in [0.05, 0.1) is 33.5 Å². The first kappa shape index (κ1) is 35.5. The molecule has 0 aliphatic rings. The molecule has 0 amide bonds. The zero-order chi connectivity index (χ0) is 41.0. The summed E-state index contributed by atoms with van der Waals surface area (Å²) in [6, 6.07) is 76.1. The molecule has 0 aliphatic carbocycles. The van der Waals surface area contributed by atoms with Gasteiger partial charge in [-0.2, -0.15) is 9.97 Å². The van der Waals surface area contributed by atoms with E-state index in [1.54, 1.807) is 0 Å². The molecule has 0 aliphatic heterocycles. The molecule has 0 unspecified atom stereocenters. The van der Waals surface area contributed by atoms with Crippen molar-refractivity contribution >= 4 is 43.6 Å². The number of fused-ring (bicyclic) bond motifs is 7. The second-order valence-electron chi connectivity index (χ2n) is 15.5. The third-order valence-corrected chi connectivity index (χ3v) is 11.8. The van der Waals surface area contributed by atoms with Gasteiger partial charge in [-0.3, -0.25) is 4.57 Å². The van der Waals surface area contributed by atoms with Crippen molar-refractivity contribution in [1.82, 2.24) is 29.1 Å². The number of hydrogen-bond donors (Lipinski definition) is 0. The lowest BCUT2D eigenvalue weighted by molar-refractivity contribution is 0.953. The summed E-state index contributed by atoms with van der Waals surface area (Å²) in [4.78, 5) is 21.0. The summed E-state index contributed by atoms with van der Waals surface area (Å²) in [6.07, 6.45) is 0. The summed E-state index contributed by atoms with van der Waals surface area (Å²) >= 11 is 0. The highest BCUT2D eigenvalue weighted by Gasteiger charge is 2.26. The maximum atomic E-state index is 5.41. The van der Waals surface area contributed by atoms with Gasteiger partial charge in [0.2, 0.25) is 5.95 Å². The number of nitrogens with zero attached hydrogens (tertiary/aromatic N) is 6. The van der Waals surface area contributed by atoms with Crippen molar-refractivity contribution in [3.05, 3.63) is 218 Å². The summed E-state index contributed by atoms with van der Waals surface area (Å²) in [5, 5.41) is 4.58. The van der Waals surface area contributed by atoms with E-state index in [1.807, 2.05) is 36.4 Å². The van der Waals surface area contributed by atoms with Crippen LogP contribution in [0, 0.1) is 0 Å². The normalized spacial score (nSPS) is 11.5. The summed E-state index contributed by atoms with van der Waals surface area (Å²) < 4.78 is 4.67. The van der Waals surface area contributed by atoms with E-state index in [1.165, 1.54) is 5.39 Å². The predicted octanol–water partition coefficient (Wildman–Crippen LogP) is 13.8. The van der Waals surface area contributed by atoms with Crippen LogP contribution >= 0.6 is 0 Å². The van der Waals surface area contributed by atoms with Crippen LogP contribution in [0.25, 0.3) is 112 Å². The number of benzene rings is 8. The van der Waals surface area contributed by atoms with Crippen LogP contribution in [0.2, 0.25) is 0 Å². The predicted molar refractivity (Wildman–Crippen MR) is 253 cm³/mol. The Balaban J connectivity index is 1.15. The second-order valence-corrected chi connectivity index (χ2v) is 15.5. The minimum Gasteiger partial charge on any atom is -0.307 e. The van der Waals surface area contributed by atoms with Crippen molar-refractivity contribution in [1.29, 1.82) is 0 Å². The SMILES string of the molecule is c1ccc(-c2cccc(-c3ccc(-c4nc(-c5ccccc5)nc(-n5c6ccccc6c6c(-c7ccccc7)cc7c8ccccc8n(-c8ccccc8)c7c65)n4)cc3)n2)cc1. The standard InChI is InChI=1S/C56H36N6/c1-5-18-37(19-6-1)45-36-46-43-26-13-15-30-49(43)61(42-24-11-4-12-25-42)52(46)53-51(45)44-27-14-16-31-50(44)62(53)56-59-54(40-22-9-3-10-23-40)58-55(60-56)41-34-32-39(33-35-41)48-29-17-28-47(57-48)38-20-7-2-8-21-38/h1-36H. The third-order valence-electron chi connectivity index (χ3n) is 11.8. The van der Waals surface area contributed by atoms with Gasteiger partial charge in [0.15, 0.2) is 11.6 Å². The molecule has 62 heavy (non-hydrogen) atoms. The molecular formula is C56H36N6. The van der Waals surface area contributed by atoms with Crippen LogP contribution in [0.1, 0.15) is 0 Å². The Labute approximate surface area is 357 Å². The van der Waals surface area contributed by atoms with E-state index in [2.05, 4.69) is 191 Å². The topological polar surface area (TPSA) is 61.4 Å². The Morgan fingerprint density at radius 2 is 0.790 bits per heavy atom. The molecular weight excluding hydrogens is 757 g/mol. The van der Waals surface area contributed by atoms with Gasteiger partial charge in [-0.1, -0.05) is 176 Å². The van der Waals surface area contributed by atoms with Crippen LogP contribution in [-0.2, 0) is 0 Å². The summed E-state index contributed by atoms with van der Waals surface area (Å²) in [5.74, 6) is 1.71. The molecule has 0 atom stereocenters. The van der Waals surface area contributed by atoms with E-state index in [0.29, 0.717) is 17.6 Å². The van der Waals surface area contributed by atoms with Gasteiger partial charge >= 0.3 is 0 Å². The van der Waals surface area contributed by atoms with Crippen molar-refractivity contribution in [2.75, 3.05) is 0 Å². The molecule has 6 nitrogen and oxygen atoms in total. The molecule has 0 spiro atoms. The fraction of sp³-hybridized carbons (Fsp3) is 0. The second kappa shape index (κ2) is 14.7. The average molecular weight is 793 g/mol. The van der Waals surface area contributed by atoms with Gasteiger partial charge in [-0.05, 0) is 53.6 Å². The fourth-order valence-electron chi connectivity index (χ4n) is 8.96. The molecule has 4 aromatic heterocycles. The third kappa shape index (κ3) is 5.88. The number of pyridine rings is 1. The minimum atomic E-state index is 0.540. The Bertz CT molecular complexity index is 3600.